The average molecular weight is 186 g/mol. The van der Waals surface area contributed by atoms with E-state index in [2.05, 4.69) is 0 Å². The Kier molecular flexibility index (Phi) is 5.50. The summed E-state index contributed by atoms with van der Waals surface area (Å²) in [6.45, 7) is 3.12. The standard InChI is InChI=1S/C9H18N2O2/c1-6(10)8(12)4-3-5-9(13)7(2)11/h8-13H,3-5H2,1-2H3. The molecule has 4 nitrogen and oxygen atoms in total. The highest BCUT2D eigenvalue weighted by molar-refractivity contribution is 5.83. The largest absolute Gasteiger partial charge is 0.387 e. The third-order valence-electron chi connectivity index (χ3n) is 1.95. The van der Waals surface area contributed by atoms with Crippen LogP contribution in [0.3, 0.4) is 0 Å². The van der Waals surface area contributed by atoms with Crippen LogP contribution in [0.4, 0.5) is 0 Å². The van der Waals surface area contributed by atoms with Crippen molar-refractivity contribution < 1.29 is 10.2 Å². The molecule has 0 fully saturated rings. The molecule has 0 aromatic carbocycles. The lowest BCUT2D eigenvalue weighted by Gasteiger charge is -2.11. The molecule has 0 aliphatic rings. The summed E-state index contributed by atoms with van der Waals surface area (Å²) in [5.41, 5.74) is 0.502. The van der Waals surface area contributed by atoms with Crippen molar-refractivity contribution >= 4 is 11.4 Å². The number of aliphatic hydroxyl groups is 2. The van der Waals surface area contributed by atoms with Crippen LogP contribution in [0.5, 0.6) is 0 Å². The Morgan fingerprint density at radius 3 is 1.54 bits per heavy atom. The molecule has 0 spiro atoms. The fraction of sp³-hybridized carbons (Fsp3) is 0.778. The molecular formula is C9H18N2O2. The Balaban J connectivity index is 3.56. The molecule has 13 heavy (non-hydrogen) atoms. The molecule has 0 heterocycles. The second-order valence-corrected chi connectivity index (χ2v) is 3.33. The van der Waals surface area contributed by atoms with E-state index in [1.807, 2.05) is 0 Å². The smallest absolute Gasteiger partial charge is 0.0911 e. The van der Waals surface area contributed by atoms with Crippen molar-refractivity contribution in [1.82, 2.24) is 0 Å². The third kappa shape index (κ3) is 5.49. The van der Waals surface area contributed by atoms with Crippen LogP contribution in [0.1, 0.15) is 33.1 Å². The summed E-state index contributed by atoms with van der Waals surface area (Å²) in [4.78, 5) is 0. The van der Waals surface area contributed by atoms with Gasteiger partial charge in [-0.25, -0.2) is 0 Å². The van der Waals surface area contributed by atoms with Gasteiger partial charge >= 0.3 is 0 Å². The van der Waals surface area contributed by atoms with E-state index >= 15 is 0 Å². The number of aliphatic hydroxyl groups excluding tert-OH is 2. The van der Waals surface area contributed by atoms with Crippen LogP contribution in [0.25, 0.3) is 0 Å². The lowest BCUT2D eigenvalue weighted by molar-refractivity contribution is 0.197. The molecule has 0 aromatic rings. The Morgan fingerprint density at radius 1 is 1.00 bits per heavy atom. The fourth-order valence-corrected chi connectivity index (χ4v) is 0.938. The van der Waals surface area contributed by atoms with E-state index in [-0.39, 0.29) is 11.4 Å². The van der Waals surface area contributed by atoms with E-state index in [0.717, 1.165) is 0 Å². The van der Waals surface area contributed by atoms with Crippen LogP contribution in [0.2, 0.25) is 0 Å². The van der Waals surface area contributed by atoms with Crippen molar-refractivity contribution in [3.63, 3.8) is 0 Å². The summed E-state index contributed by atoms with van der Waals surface area (Å²) < 4.78 is 0. The van der Waals surface area contributed by atoms with Crippen LogP contribution in [0, 0.1) is 10.8 Å². The van der Waals surface area contributed by atoms with Crippen molar-refractivity contribution in [1.29, 1.82) is 10.8 Å². The van der Waals surface area contributed by atoms with Crippen LogP contribution >= 0.6 is 0 Å². The first-order valence-electron chi connectivity index (χ1n) is 4.41. The molecule has 4 heteroatoms. The van der Waals surface area contributed by atoms with Crippen LogP contribution in [-0.2, 0) is 0 Å². The molecule has 0 aliphatic carbocycles. The number of rotatable bonds is 6. The third-order valence-corrected chi connectivity index (χ3v) is 1.95. The molecule has 0 radical (unpaired) electrons. The summed E-state index contributed by atoms with van der Waals surface area (Å²) >= 11 is 0. The first-order valence-corrected chi connectivity index (χ1v) is 4.41. The van der Waals surface area contributed by atoms with Crippen LogP contribution in [0.15, 0.2) is 0 Å². The maximum absolute atomic E-state index is 9.22. The SMILES string of the molecule is CC(=N)C(O)CCCC(O)C(C)=N. The first-order chi connectivity index (χ1) is 5.95. The van der Waals surface area contributed by atoms with Gasteiger partial charge in [-0.15, -0.1) is 0 Å². The van der Waals surface area contributed by atoms with E-state index in [9.17, 15) is 10.2 Å². The van der Waals surface area contributed by atoms with Gasteiger partial charge in [0.2, 0.25) is 0 Å². The Hall–Kier alpha value is -0.740. The molecule has 0 aliphatic heterocycles. The number of hydrogen-bond acceptors (Lipinski definition) is 4. The fourth-order valence-electron chi connectivity index (χ4n) is 0.938. The van der Waals surface area contributed by atoms with Gasteiger partial charge < -0.3 is 21.0 Å². The normalized spacial score (nSPS) is 15.1. The molecule has 76 valence electrons. The van der Waals surface area contributed by atoms with Crippen molar-refractivity contribution in [3.8, 4) is 0 Å². The highest BCUT2D eigenvalue weighted by atomic mass is 16.3. The van der Waals surface area contributed by atoms with Crippen molar-refractivity contribution in [3.05, 3.63) is 0 Å². The van der Waals surface area contributed by atoms with Gasteiger partial charge in [0.05, 0.1) is 12.2 Å². The minimum absolute atomic E-state index is 0.251. The van der Waals surface area contributed by atoms with E-state index in [1.165, 1.54) is 0 Å². The maximum atomic E-state index is 9.22. The average Bonchev–Trinajstić information content (AvgIpc) is 2.03. The highest BCUT2D eigenvalue weighted by Gasteiger charge is 2.09. The molecule has 4 N–H and O–H groups in total. The second-order valence-electron chi connectivity index (χ2n) is 3.33. The zero-order valence-corrected chi connectivity index (χ0v) is 8.17. The van der Waals surface area contributed by atoms with E-state index in [1.54, 1.807) is 13.8 Å². The van der Waals surface area contributed by atoms with Gasteiger partial charge in [0.25, 0.3) is 0 Å². The molecule has 0 saturated carbocycles. The molecule has 0 bridgehead atoms. The monoisotopic (exact) mass is 186 g/mol. The predicted octanol–water partition coefficient (Wildman–Crippen LogP) is 0.958. The van der Waals surface area contributed by atoms with E-state index in [4.69, 9.17) is 10.8 Å². The van der Waals surface area contributed by atoms with E-state index < -0.39 is 12.2 Å². The van der Waals surface area contributed by atoms with E-state index in [0.29, 0.717) is 19.3 Å². The topological polar surface area (TPSA) is 88.2 Å². The minimum atomic E-state index is -0.696. The summed E-state index contributed by atoms with van der Waals surface area (Å²) in [7, 11) is 0. The molecule has 2 unspecified atom stereocenters. The molecular weight excluding hydrogens is 168 g/mol. The summed E-state index contributed by atoms with van der Waals surface area (Å²) in [5, 5.41) is 32.7. The molecule has 0 rings (SSSR count). The Morgan fingerprint density at radius 2 is 1.31 bits per heavy atom. The van der Waals surface area contributed by atoms with Crippen LogP contribution < -0.4 is 0 Å². The zero-order chi connectivity index (χ0) is 10.4. The van der Waals surface area contributed by atoms with Crippen molar-refractivity contribution in [2.75, 3.05) is 0 Å². The van der Waals surface area contributed by atoms with Gasteiger partial charge in [-0.05, 0) is 33.1 Å². The predicted molar refractivity (Wildman–Crippen MR) is 52.7 cm³/mol. The van der Waals surface area contributed by atoms with Gasteiger partial charge in [-0.1, -0.05) is 0 Å². The quantitative estimate of drug-likeness (QED) is 0.465. The summed E-state index contributed by atoms with van der Waals surface area (Å²) in [6, 6.07) is 0. The number of hydrogen-bond donors (Lipinski definition) is 4. The second kappa shape index (κ2) is 5.83. The maximum Gasteiger partial charge on any atom is 0.0911 e. The number of nitrogens with one attached hydrogen (secondary N) is 2. The first kappa shape index (κ1) is 12.3. The van der Waals surface area contributed by atoms with Crippen LogP contribution in [-0.4, -0.2) is 33.8 Å². The molecule has 0 amide bonds. The van der Waals surface area contributed by atoms with Gasteiger partial charge in [-0.3, -0.25) is 0 Å². The summed E-state index contributed by atoms with van der Waals surface area (Å²) in [5.74, 6) is 0. The van der Waals surface area contributed by atoms with Gasteiger partial charge in [0.15, 0.2) is 0 Å². The van der Waals surface area contributed by atoms with Crippen molar-refractivity contribution in [2.45, 2.75) is 45.3 Å². The van der Waals surface area contributed by atoms with Crippen molar-refractivity contribution in [2.24, 2.45) is 0 Å². The van der Waals surface area contributed by atoms with Gasteiger partial charge in [-0.2, -0.15) is 0 Å². The minimum Gasteiger partial charge on any atom is -0.387 e. The molecule has 0 saturated heterocycles. The molecule has 0 aromatic heterocycles. The van der Waals surface area contributed by atoms with Gasteiger partial charge in [0, 0.05) is 11.4 Å². The van der Waals surface area contributed by atoms with Gasteiger partial charge in [0.1, 0.15) is 0 Å². The summed E-state index contributed by atoms with van der Waals surface area (Å²) in [6.07, 6.45) is 0.213. The highest BCUT2D eigenvalue weighted by Crippen LogP contribution is 2.05. The lowest BCUT2D eigenvalue weighted by Crippen LogP contribution is -2.19. The molecule has 2 atom stereocenters. The lowest BCUT2D eigenvalue weighted by atomic mass is 10.0. The zero-order valence-electron chi connectivity index (χ0n) is 8.17. The Bertz CT molecular complexity index is 172. The Labute approximate surface area is 78.6 Å².